The number of hydrogen-bond donors (Lipinski definition) is 2. The highest BCUT2D eigenvalue weighted by molar-refractivity contribution is 5.94. The lowest BCUT2D eigenvalue weighted by Crippen LogP contribution is -2.49. The Morgan fingerprint density at radius 3 is 2.47 bits per heavy atom. The van der Waals surface area contributed by atoms with Crippen molar-refractivity contribution < 1.29 is 27.2 Å². The largest absolute Gasteiger partial charge is 0.416 e. The highest BCUT2D eigenvalue weighted by atomic mass is 19.4. The summed E-state index contributed by atoms with van der Waals surface area (Å²) in [5.74, 6) is 4.26. The van der Waals surface area contributed by atoms with Gasteiger partial charge in [0.2, 0.25) is 0 Å². The molecule has 0 spiro atoms. The van der Waals surface area contributed by atoms with Crippen molar-refractivity contribution in [3.63, 3.8) is 0 Å². The molecule has 1 heterocycles. The third-order valence-electron chi connectivity index (χ3n) is 4.98. The van der Waals surface area contributed by atoms with Crippen LogP contribution in [0, 0.1) is 17.7 Å². The molecule has 3 rings (SSSR count). The smallest absolute Gasteiger partial charge is 0.338 e. The Balaban J connectivity index is 1.42. The third-order valence-corrected chi connectivity index (χ3v) is 4.98. The first-order valence-electron chi connectivity index (χ1n) is 9.98. The van der Waals surface area contributed by atoms with Crippen molar-refractivity contribution in [3.05, 3.63) is 71.0 Å². The number of urea groups is 1. The molecule has 1 saturated heterocycles. The monoisotopic (exact) mass is 447 g/mol. The number of amides is 3. The summed E-state index contributed by atoms with van der Waals surface area (Å²) >= 11 is 0. The Bertz CT molecular complexity index is 1040. The molecule has 168 valence electrons. The molecule has 0 radical (unpaired) electrons. The fraction of sp³-hybridized carbons (Fsp3) is 0.304. The van der Waals surface area contributed by atoms with Crippen LogP contribution < -0.4 is 10.6 Å². The van der Waals surface area contributed by atoms with Crippen LogP contribution in [-0.2, 0) is 6.18 Å². The Kier molecular flexibility index (Phi) is 7.36. The van der Waals surface area contributed by atoms with Crippen molar-refractivity contribution in [2.24, 2.45) is 0 Å². The van der Waals surface area contributed by atoms with E-state index in [0.717, 1.165) is 12.1 Å². The van der Waals surface area contributed by atoms with Crippen molar-refractivity contribution in [2.75, 3.05) is 19.6 Å². The molecule has 5 nitrogen and oxygen atoms in total. The van der Waals surface area contributed by atoms with E-state index in [-0.39, 0.29) is 29.6 Å². The summed E-state index contributed by atoms with van der Waals surface area (Å²) in [6.45, 7) is 0.730. The highest BCUT2D eigenvalue weighted by Crippen LogP contribution is 2.29. The number of nitrogens with zero attached hydrogens (tertiary/aromatic N) is 1. The summed E-state index contributed by atoms with van der Waals surface area (Å²) in [5, 5.41) is 5.31. The third kappa shape index (κ3) is 6.23. The molecule has 1 fully saturated rings. The first-order valence-corrected chi connectivity index (χ1v) is 9.98. The van der Waals surface area contributed by atoms with Crippen molar-refractivity contribution in [2.45, 2.75) is 25.1 Å². The van der Waals surface area contributed by atoms with E-state index >= 15 is 0 Å². The van der Waals surface area contributed by atoms with Crippen LogP contribution in [0.2, 0.25) is 0 Å². The second kappa shape index (κ2) is 10.2. The van der Waals surface area contributed by atoms with Gasteiger partial charge in [-0.15, -0.1) is 0 Å². The van der Waals surface area contributed by atoms with Crippen LogP contribution in [0.15, 0.2) is 48.5 Å². The van der Waals surface area contributed by atoms with Crippen molar-refractivity contribution in [1.82, 2.24) is 15.5 Å². The molecule has 1 aliphatic heterocycles. The number of nitrogens with one attached hydrogen (secondary N) is 2. The van der Waals surface area contributed by atoms with Crippen LogP contribution in [0.5, 0.6) is 0 Å². The SMILES string of the molecule is O=C(NCC#Cc1cccc(C(F)(F)F)c1)NC1CCN(C(=O)c2ccccc2F)CC1. The summed E-state index contributed by atoms with van der Waals surface area (Å²) in [6.07, 6.45) is -3.40. The number of rotatable bonds is 3. The maximum atomic E-state index is 13.8. The van der Waals surface area contributed by atoms with Gasteiger partial charge in [-0.1, -0.05) is 30.0 Å². The van der Waals surface area contributed by atoms with Gasteiger partial charge in [-0.05, 0) is 43.2 Å². The van der Waals surface area contributed by atoms with E-state index in [4.69, 9.17) is 0 Å². The van der Waals surface area contributed by atoms with Crippen LogP contribution in [0.1, 0.15) is 34.3 Å². The highest BCUT2D eigenvalue weighted by Gasteiger charge is 2.30. The van der Waals surface area contributed by atoms with Crippen LogP contribution in [0.4, 0.5) is 22.4 Å². The molecule has 2 aromatic rings. The molecule has 1 aliphatic rings. The van der Waals surface area contributed by atoms with Crippen molar-refractivity contribution in [3.8, 4) is 11.8 Å². The van der Waals surface area contributed by atoms with Gasteiger partial charge >= 0.3 is 12.2 Å². The summed E-state index contributed by atoms with van der Waals surface area (Å²) < 4.78 is 51.9. The molecule has 3 amide bonds. The fourth-order valence-electron chi connectivity index (χ4n) is 3.31. The summed E-state index contributed by atoms with van der Waals surface area (Å²) in [4.78, 5) is 26.0. The van der Waals surface area contributed by atoms with Gasteiger partial charge in [0, 0.05) is 24.7 Å². The van der Waals surface area contributed by atoms with Gasteiger partial charge in [0.25, 0.3) is 5.91 Å². The minimum Gasteiger partial charge on any atom is -0.338 e. The molecular formula is C23H21F4N3O2. The number of carbonyl (C=O) groups is 2. The van der Waals surface area contributed by atoms with Gasteiger partial charge in [0.1, 0.15) is 5.82 Å². The molecule has 32 heavy (non-hydrogen) atoms. The van der Waals surface area contributed by atoms with Crippen LogP contribution in [-0.4, -0.2) is 42.5 Å². The zero-order chi connectivity index (χ0) is 23.1. The number of piperidine rings is 1. The molecule has 9 heteroatoms. The predicted molar refractivity (Wildman–Crippen MR) is 110 cm³/mol. The van der Waals surface area contributed by atoms with E-state index in [1.54, 1.807) is 11.0 Å². The number of halogens is 4. The zero-order valence-electron chi connectivity index (χ0n) is 17.0. The van der Waals surface area contributed by atoms with Gasteiger partial charge in [-0.2, -0.15) is 13.2 Å². The molecule has 0 aromatic heterocycles. The van der Waals surface area contributed by atoms with E-state index in [1.165, 1.54) is 30.3 Å². The second-order valence-electron chi connectivity index (χ2n) is 7.25. The van der Waals surface area contributed by atoms with Crippen LogP contribution in [0.25, 0.3) is 0 Å². The molecule has 0 atom stereocenters. The zero-order valence-corrected chi connectivity index (χ0v) is 17.0. The van der Waals surface area contributed by atoms with Crippen LogP contribution >= 0.6 is 0 Å². The average molecular weight is 447 g/mol. The van der Waals surface area contributed by atoms with Gasteiger partial charge in [-0.25, -0.2) is 9.18 Å². The molecule has 2 aromatic carbocycles. The van der Waals surface area contributed by atoms with E-state index in [2.05, 4.69) is 22.5 Å². The topological polar surface area (TPSA) is 61.4 Å². The molecule has 0 saturated carbocycles. The molecular weight excluding hydrogens is 426 g/mol. The fourth-order valence-corrected chi connectivity index (χ4v) is 3.31. The Morgan fingerprint density at radius 2 is 1.78 bits per heavy atom. The van der Waals surface area contributed by atoms with Crippen molar-refractivity contribution in [1.29, 1.82) is 0 Å². The van der Waals surface area contributed by atoms with Crippen molar-refractivity contribution >= 4 is 11.9 Å². The first-order chi connectivity index (χ1) is 15.2. The number of likely N-dealkylation sites (tertiary alicyclic amines) is 1. The Labute approximate surface area is 182 Å². The minimum atomic E-state index is -4.44. The number of benzene rings is 2. The molecule has 0 bridgehead atoms. The van der Waals surface area contributed by atoms with Gasteiger partial charge in [0.15, 0.2) is 0 Å². The van der Waals surface area contributed by atoms with E-state index in [0.29, 0.717) is 25.9 Å². The normalized spacial score (nSPS) is 14.3. The number of carbonyl (C=O) groups excluding carboxylic acids is 2. The molecule has 0 aliphatic carbocycles. The quantitative estimate of drug-likeness (QED) is 0.556. The molecule has 0 unspecified atom stereocenters. The lowest BCUT2D eigenvalue weighted by atomic mass is 10.0. The van der Waals surface area contributed by atoms with E-state index in [1.807, 2.05) is 0 Å². The van der Waals surface area contributed by atoms with E-state index in [9.17, 15) is 27.2 Å². The molecule has 2 N–H and O–H groups in total. The van der Waals surface area contributed by atoms with Gasteiger partial charge in [-0.3, -0.25) is 4.79 Å². The lowest BCUT2D eigenvalue weighted by Gasteiger charge is -2.32. The maximum absolute atomic E-state index is 13.8. The van der Waals surface area contributed by atoms with E-state index < -0.39 is 23.6 Å². The van der Waals surface area contributed by atoms with Crippen LogP contribution in [0.3, 0.4) is 0 Å². The average Bonchev–Trinajstić information content (AvgIpc) is 2.77. The first kappa shape index (κ1) is 23.1. The Hall–Kier alpha value is -3.54. The standard InChI is InChI=1S/C23H21F4N3O2/c24-20-9-2-1-8-19(20)21(31)30-13-10-18(11-14-30)29-22(32)28-12-4-6-16-5-3-7-17(15-16)23(25,26)27/h1-3,5,7-9,15,18H,10-14H2,(H2,28,29,32). The maximum Gasteiger partial charge on any atom is 0.416 e. The Morgan fingerprint density at radius 1 is 1.06 bits per heavy atom. The second-order valence-corrected chi connectivity index (χ2v) is 7.25. The lowest BCUT2D eigenvalue weighted by molar-refractivity contribution is -0.137. The summed E-state index contributed by atoms with van der Waals surface area (Å²) in [7, 11) is 0. The number of hydrogen-bond acceptors (Lipinski definition) is 2. The minimum absolute atomic E-state index is 0.0241. The number of alkyl halides is 3. The van der Waals surface area contributed by atoms with Gasteiger partial charge in [0.05, 0.1) is 17.7 Å². The summed E-state index contributed by atoms with van der Waals surface area (Å²) in [5.41, 5.74) is -0.556. The van der Waals surface area contributed by atoms with Gasteiger partial charge < -0.3 is 15.5 Å². The predicted octanol–water partition coefficient (Wildman–Crippen LogP) is 3.80. The summed E-state index contributed by atoms with van der Waals surface area (Å²) in [6, 6.07) is 9.83.